The maximum atomic E-state index is 3.00. The Balaban J connectivity index is 0. The van der Waals surface area contributed by atoms with Crippen LogP contribution in [-0.4, -0.2) is 0 Å². The molecule has 0 spiro atoms. The zero-order valence-electron chi connectivity index (χ0n) is 18.1. The molecule has 0 heterocycles. The van der Waals surface area contributed by atoms with E-state index in [1.807, 2.05) is 13.8 Å². The third-order valence-corrected chi connectivity index (χ3v) is 4.58. The lowest BCUT2D eigenvalue weighted by Crippen LogP contribution is -2.18. The van der Waals surface area contributed by atoms with Crippen molar-refractivity contribution >= 4 is 0 Å². The van der Waals surface area contributed by atoms with Crippen LogP contribution in [0.25, 0.3) is 0 Å². The third-order valence-electron chi connectivity index (χ3n) is 4.58. The first-order chi connectivity index (χ1) is 12.0. The lowest BCUT2D eigenvalue weighted by Gasteiger charge is -2.27. The van der Waals surface area contributed by atoms with Crippen molar-refractivity contribution in [1.82, 2.24) is 0 Å². The van der Waals surface area contributed by atoms with Gasteiger partial charge in [0.15, 0.2) is 0 Å². The second-order valence-electron chi connectivity index (χ2n) is 6.86. The number of hydrogen-bond acceptors (Lipinski definition) is 0. The van der Waals surface area contributed by atoms with Gasteiger partial charge in [0.1, 0.15) is 0 Å². The third kappa shape index (κ3) is 12.7. The minimum Gasteiger partial charge on any atom is -0.106 e. The fourth-order valence-corrected chi connectivity index (χ4v) is 3.08. The summed E-state index contributed by atoms with van der Waals surface area (Å²) in [7, 11) is 0. The zero-order valence-corrected chi connectivity index (χ0v) is 18.1. The van der Waals surface area contributed by atoms with Crippen molar-refractivity contribution in [3.8, 4) is 0 Å². The lowest BCUT2D eigenvalue weighted by molar-refractivity contribution is 0.283. The van der Waals surface area contributed by atoms with Crippen LogP contribution in [0.4, 0.5) is 0 Å². The molecule has 0 nitrogen and oxygen atoms in total. The molecule has 144 valence electrons. The molecule has 0 aliphatic heterocycles. The summed E-state index contributed by atoms with van der Waals surface area (Å²) in [5, 5.41) is 0. The highest BCUT2D eigenvalue weighted by atomic mass is 14.2. The van der Waals surface area contributed by atoms with Crippen molar-refractivity contribution < 1.29 is 0 Å². The van der Waals surface area contributed by atoms with E-state index in [-0.39, 0.29) is 0 Å². The molecule has 0 aromatic heterocycles. The molecule has 2 atom stereocenters. The quantitative estimate of drug-likeness (QED) is 0.481. The molecule has 0 radical (unpaired) electrons. The van der Waals surface area contributed by atoms with Gasteiger partial charge >= 0.3 is 0 Å². The minimum atomic E-state index is 0.814. The van der Waals surface area contributed by atoms with Crippen LogP contribution in [0.15, 0.2) is 49.6 Å². The van der Waals surface area contributed by atoms with Gasteiger partial charge in [0, 0.05) is 0 Å². The van der Waals surface area contributed by atoms with Gasteiger partial charge in [0.25, 0.3) is 0 Å². The zero-order chi connectivity index (χ0) is 19.7. The van der Waals surface area contributed by atoms with Gasteiger partial charge in [-0.3, -0.25) is 0 Å². The first-order valence-corrected chi connectivity index (χ1v) is 10.3. The summed E-state index contributed by atoms with van der Waals surface area (Å²) in [5.74, 6) is 2.61. The van der Waals surface area contributed by atoms with Gasteiger partial charge in [-0.2, -0.15) is 0 Å². The lowest BCUT2D eigenvalue weighted by atomic mass is 9.78. The summed E-state index contributed by atoms with van der Waals surface area (Å²) in [6, 6.07) is 8.83. The average Bonchev–Trinajstić information content (AvgIpc) is 2.65. The van der Waals surface area contributed by atoms with Crippen molar-refractivity contribution in [2.75, 3.05) is 0 Å². The number of allylic oxidation sites excluding steroid dienone is 2. The van der Waals surface area contributed by atoms with Gasteiger partial charge in [-0.1, -0.05) is 89.9 Å². The van der Waals surface area contributed by atoms with Crippen molar-refractivity contribution in [3.05, 3.63) is 60.7 Å². The van der Waals surface area contributed by atoms with Crippen molar-refractivity contribution in [1.29, 1.82) is 0 Å². The Kier molecular flexibility index (Phi) is 18.2. The Morgan fingerprint density at radius 2 is 1.64 bits per heavy atom. The molecule has 1 aliphatic carbocycles. The highest BCUT2D eigenvalue weighted by Gasteiger charge is 2.20. The van der Waals surface area contributed by atoms with E-state index in [9.17, 15) is 0 Å². The topological polar surface area (TPSA) is 0 Å². The molecule has 0 amide bonds. The van der Waals surface area contributed by atoms with E-state index in [0.717, 1.165) is 17.8 Å². The Labute approximate surface area is 159 Å². The number of rotatable bonds is 4. The molecular weight excluding hydrogens is 300 g/mol. The number of benzene rings is 1. The predicted octanol–water partition coefficient (Wildman–Crippen LogP) is 8.41. The van der Waals surface area contributed by atoms with Crippen molar-refractivity contribution in [3.63, 3.8) is 0 Å². The van der Waals surface area contributed by atoms with Crippen LogP contribution in [0.1, 0.15) is 78.4 Å². The standard InChI is InChI=1S/C11H16.C10H18.C2H6.C2H4/c1-3-4-5-11-8-6-10(2)7-9-11;1-8(2)10-7-5-4-6-9(10)3;2*1-2/h6-9H,3-5H2,1-2H3;4,6,8-10H,5,7H2,1-3H3;1-2H3;1-2H2. The molecule has 0 saturated heterocycles. The molecule has 0 bridgehead atoms. The van der Waals surface area contributed by atoms with Gasteiger partial charge in [0.05, 0.1) is 0 Å². The summed E-state index contributed by atoms with van der Waals surface area (Å²) in [5.41, 5.74) is 2.82. The van der Waals surface area contributed by atoms with Gasteiger partial charge in [-0.15, -0.1) is 13.2 Å². The number of aryl methyl sites for hydroxylation is 2. The van der Waals surface area contributed by atoms with Gasteiger partial charge in [-0.05, 0) is 55.9 Å². The Hall–Kier alpha value is -1.30. The largest absolute Gasteiger partial charge is 0.106 e. The normalized spacial score (nSPS) is 18.1. The van der Waals surface area contributed by atoms with Crippen LogP contribution >= 0.6 is 0 Å². The predicted molar refractivity (Wildman–Crippen MR) is 118 cm³/mol. The van der Waals surface area contributed by atoms with E-state index in [4.69, 9.17) is 0 Å². The van der Waals surface area contributed by atoms with Crippen LogP contribution in [0, 0.1) is 24.7 Å². The Bertz CT molecular complexity index is 410. The van der Waals surface area contributed by atoms with E-state index >= 15 is 0 Å². The van der Waals surface area contributed by atoms with Crippen molar-refractivity contribution in [2.45, 2.75) is 80.6 Å². The number of unbranched alkanes of at least 4 members (excludes halogenated alkanes) is 1. The maximum absolute atomic E-state index is 3.00. The molecular formula is C25H44. The molecule has 2 rings (SSSR count). The fraction of sp³-hybridized carbons (Fsp3) is 0.600. The average molecular weight is 345 g/mol. The molecule has 1 aliphatic rings. The summed E-state index contributed by atoms with van der Waals surface area (Å²) in [6.45, 7) is 21.4. The van der Waals surface area contributed by atoms with E-state index in [2.05, 4.69) is 84.2 Å². The molecule has 0 N–H and O–H groups in total. The van der Waals surface area contributed by atoms with E-state index in [1.54, 1.807) is 0 Å². The Morgan fingerprint density at radius 1 is 1.08 bits per heavy atom. The second kappa shape index (κ2) is 17.5. The van der Waals surface area contributed by atoms with Crippen LogP contribution in [0.5, 0.6) is 0 Å². The van der Waals surface area contributed by atoms with Crippen molar-refractivity contribution in [2.24, 2.45) is 17.8 Å². The van der Waals surface area contributed by atoms with E-state index in [0.29, 0.717) is 0 Å². The van der Waals surface area contributed by atoms with Crippen LogP contribution in [-0.2, 0) is 6.42 Å². The van der Waals surface area contributed by atoms with Gasteiger partial charge < -0.3 is 0 Å². The highest BCUT2D eigenvalue weighted by Crippen LogP contribution is 2.30. The molecule has 2 unspecified atom stereocenters. The SMILES string of the molecule is C=C.CC.CC(C)C1CCC=CC1C.CCCCc1ccc(C)cc1. The minimum absolute atomic E-state index is 0.814. The molecule has 0 saturated carbocycles. The molecule has 1 aromatic rings. The highest BCUT2D eigenvalue weighted by molar-refractivity contribution is 5.21. The van der Waals surface area contributed by atoms with Crippen LogP contribution < -0.4 is 0 Å². The monoisotopic (exact) mass is 344 g/mol. The van der Waals surface area contributed by atoms with E-state index < -0.39 is 0 Å². The number of hydrogen-bond donors (Lipinski definition) is 0. The summed E-state index contributed by atoms with van der Waals surface area (Å²) < 4.78 is 0. The smallest absolute Gasteiger partial charge is 0.0231 e. The summed E-state index contributed by atoms with van der Waals surface area (Å²) >= 11 is 0. The molecule has 0 fully saturated rings. The maximum Gasteiger partial charge on any atom is -0.0231 e. The first-order valence-electron chi connectivity index (χ1n) is 10.3. The molecule has 0 heteroatoms. The molecule has 1 aromatic carbocycles. The first kappa shape index (κ1) is 25.9. The van der Waals surface area contributed by atoms with Crippen LogP contribution in [0.2, 0.25) is 0 Å². The van der Waals surface area contributed by atoms with Crippen LogP contribution in [0.3, 0.4) is 0 Å². The summed E-state index contributed by atoms with van der Waals surface area (Å²) in [6.07, 6.45) is 11.2. The summed E-state index contributed by atoms with van der Waals surface area (Å²) in [4.78, 5) is 0. The molecule has 25 heavy (non-hydrogen) atoms. The fourth-order valence-electron chi connectivity index (χ4n) is 3.08. The van der Waals surface area contributed by atoms with Gasteiger partial charge in [0.2, 0.25) is 0 Å². The van der Waals surface area contributed by atoms with E-state index in [1.165, 1.54) is 43.2 Å². The Morgan fingerprint density at radius 3 is 2.04 bits per heavy atom. The second-order valence-corrected chi connectivity index (χ2v) is 6.86. The van der Waals surface area contributed by atoms with Gasteiger partial charge in [-0.25, -0.2) is 0 Å².